The normalized spacial score (nSPS) is 12.9. The molecule has 8 heavy (non-hydrogen) atoms. The van der Waals surface area contributed by atoms with E-state index in [0.29, 0.717) is 6.54 Å². The highest BCUT2D eigenvalue weighted by Crippen LogP contribution is 1.91. The smallest absolute Gasteiger partial charge is 0.309 e. The summed E-state index contributed by atoms with van der Waals surface area (Å²) in [7, 11) is 1.36. The standard InChI is InChI=1S/C5H11NO2/c1-4(3-6)5(7)8-2/h4H,3,6H2,1-2H3/t4-/m1/s1. The lowest BCUT2D eigenvalue weighted by atomic mass is 10.2. The van der Waals surface area contributed by atoms with E-state index in [1.165, 1.54) is 7.11 Å². The average molecular weight is 117 g/mol. The van der Waals surface area contributed by atoms with Crippen LogP contribution in [0.25, 0.3) is 0 Å². The summed E-state index contributed by atoms with van der Waals surface area (Å²) in [6.45, 7) is 2.08. The molecule has 0 rings (SSSR count). The molecule has 0 fully saturated rings. The third kappa shape index (κ3) is 1.93. The molecule has 0 amide bonds. The average Bonchev–Trinajstić information content (AvgIpc) is 1.84. The molecule has 0 saturated heterocycles. The van der Waals surface area contributed by atoms with Crippen LogP contribution in [0, 0.1) is 5.92 Å². The minimum Gasteiger partial charge on any atom is -0.469 e. The Labute approximate surface area is 48.8 Å². The zero-order valence-corrected chi connectivity index (χ0v) is 5.18. The summed E-state index contributed by atoms with van der Waals surface area (Å²) in [4.78, 5) is 10.4. The molecule has 0 heterocycles. The molecule has 48 valence electrons. The SMILES string of the molecule is COC(=O)[C@H](C)CN. The maximum atomic E-state index is 10.4. The van der Waals surface area contributed by atoms with Gasteiger partial charge in [-0.25, -0.2) is 0 Å². The molecule has 3 nitrogen and oxygen atoms in total. The minimum atomic E-state index is -0.243. The first kappa shape index (κ1) is 7.43. The van der Waals surface area contributed by atoms with Gasteiger partial charge in [0, 0.05) is 6.54 Å². The van der Waals surface area contributed by atoms with Gasteiger partial charge >= 0.3 is 5.97 Å². The van der Waals surface area contributed by atoms with E-state index in [4.69, 9.17) is 5.73 Å². The highest BCUT2D eigenvalue weighted by molar-refractivity contribution is 5.71. The Bertz CT molecular complexity index is 82.5. The number of nitrogens with two attached hydrogens (primary N) is 1. The fourth-order valence-electron chi connectivity index (χ4n) is 0.297. The van der Waals surface area contributed by atoms with Crippen LogP contribution in [0.1, 0.15) is 6.92 Å². The second-order valence-corrected chi connectivity index (χ2v) is 1.66. The summed E-state index contributed by atoms with van der Waals surface area (Å²) >= 11 is 0. The van der Waals surface area contributed by atoms with Crippen LogP contribution < -0.4 is 5.73 Å². The molecule has 1 atom stereocenters. The van der Waals surface area contributed by atoms with E-state index in [1.54, 1.807) is 6.92 Å². The highest BCUT2D eigenvalue weighted by atomic mass is 16.5. The Kier molecular flexibility index (Phi) is 3.19. The van der Waals surface area contributed by atoms with E-state index >= 15 is 0 Å². The van der Waals surface area contributed by atoms with E-state index in [2.05, 4.69) is 4.74 Å². The first-order valence-electron chi connectivity index (χ1n) is 2.50. The largest absolute Gasteiger partial charge is 0.469 e. The van der Waals surface area contributed by atoms with E-state index in [0.717, 1.165) is 0 Å². The van der Waals surface area contributed by atoms with E-state index in [9.17, 15) is 4.79 Å². The van der Waals surface area contributed by atoms with Gasteiger partial charge < -0.3 is 10.5 Å². The van der Waals surface area contributed by atoms with E-state index < -0.39 is 0 Å². The van der Waals surface area contributed by atoms with Crippen molar-refractivity contribution in [1.29, 1.82) is 0 Å². The van der Waals surface area contributed by atoms with Crippen molar-refractivity contribution in [2.24, 2.45) is 11.7 Å². The lowest BCUT2D eigenvalue weighted by molar-refractivity contribution is -0.144. The molecule has 0 aromatic heterocycles. The monoisotopic (exact) mass is 117 g/mol. The summed E-state index contributed by atoms with van der Waals surface area (Å²) in [6.07, 6.45) is 0. The first-order valence-corrected chi connectivity index (χ1v) is 2.50. The van der Waals surface area contributed by atoms with Crippen molar-refractivity contribution in [2.75, 3.05) is 13.7 Å². The first-order chi connectivity index (χ1) is 3.72. The molecular weight excluding hydrogens is 106 g/mol. The number of hydrogen-bond acceptors (Lipinski definition) is 3. The molecule has 0 aromatic rings. The van der Waals surface area contributed by atoms with Gasteiger partial charge in [-0.1, -0.05) is 6.92 Å². The van der Waals surface area contributed by atoms with Gasteiger partial charge in [-0.3, -0.25) is 4.79 Å². The predicted octanol–water partition coefficient (Wildman–Crippen LogP) is -0.246. The minimum absolute atomic E-state index is 0.167. The Hall–Kier alpha value is -0.570. The van der Waals surface area contributed by atoms with Crippen LogP contribution in [0.5, 0.6) is 0 Å². The van der Waals surface area contributed by atoms with Crippen molar-refractivity contribution in [1.82, 2.24) is 0 Å². The van der Waals surface area contributed by atoms with Crippen molar-refractivity contribution >= 4 is 5.97 Å². The summed E-state index contributed by atoms with van der Waals surface area (Å²) in [6, 6.07) is 0. The molecular formula is C5H11NO2. The zero-order chi connectivity index (χ0) is 6.57. The van der Waals surface area contributed by atoms with Gasteiger partial charge in [0.25, 0.3) is 0 Å². The van der Waals surface area contributed by atoms with Crippen LogP contribution >= 0.6 is 0 Å². The maximum Gasteiger partial charge on any atom is 0.309 e. The molecule has 2 N–H and O–H groups in total. The molecule has 0 aliphatic heterocycles. The van der Waals surface area contributed by atoms with Crippen molar-refractivity contribution in [2.45, 2.75) is 6.92 Å². The van der Waals surface area contributed by atoms with Gasteiger partial charge in [0.05, 0.1) is 13.0 Å². The fourth-order valence-corrected chi connectivity index (χ4v) is 0.297. The molecule has 0 aliphatic carbocycles. The zero-order valence-electron chi connectivity index (χ0n) is 5.18. The third-order valence-corrected chi connectivity index (χ3v) is 0.957. The lowest BCUT2D eigenvalue weighted by Crippen LogP contribution is -2.21. The van der Waals surface area contributed by atoms with Crippen LogP contribution in [0.15, 0.2) is 0 Å². The Morgan fingerprint density at radius 2 is 2.38 bits per heavy atom. The molecule has 3 heteroatoms. The Morgan fingerprint density at radius 1 is 1.88 bits per heavy atom. The maximum absolute atomic E-state index is 10.4. The number of hydrogen-bond donors (Lipinski definition) is 1. The fraction of sp³-hybridized carbons (Fsp3) is 0.800. The second-order valence-electron chi connectivity index (χ2n) is 1.66. The van der Waals surface area contributed by atoms with Crippen molar-refractivity contribution < 1.29 is 9.53 Å². The number of carbonyl (C=O) groups excluding carboxylic acids is 1. The summed E-state index contributed by atoms with van der Waals surface area (Å²) < 4.78 is 4.38. The Morgan fingerprint density at radius 3 is 2.50 bits per heavy atom. The summed E-state index contributed by atoms with van der Waals surface area (Å²) in [5.74, 6) is -0.410. The van der Waals surface area contributed by atoms with Crippen molar-refractivity contribution in [3.05, 3.63) is 0 Å². The topological polar surface area (TPSA) is 52.3 Å². The summed E-state index contributed by atoms with van der Waals surface area (Å²) in [5, 5.41) is 0. The van der Waals surface area contributed by atoms with Crippen molar-refractivity contribution in [3.63, 3.8) is 0 Å². The molecule has 0 radical (unpaired) electrons. The Balaban J connectivity index is 3.46. The molecule has 0 aromatic carbocycles. The van der Waals surface area contributed by atoms with Crippen LogP contribution in [-0.2, 0) is 9.53 Å². The molecule has 0 bridgehead atoms. The molecule has 0 spiro atoms. The van der Waals surface area contributed by atoms with Crippen LogP contribution in [0.3, 0.4) is 0 Å². The van der Waals surface area contributed by atoms with Crippen LogP contribution in [0.2, 0.25) is 0 Å². The number of ether oxygens (including phenoxy) is 1. The number of carbonyl (C=O) groups is 1. The number of rotatable bonds is 2. The van der Waals surface area contributed by atoms with Gasteiger partial charge in [-0.05, 0) is 0 Å². The van der Waals surface area contributed by atoms with Gasteiger partial charge in [-0.2, -0.15) is 0 Å². The highest BCUT2D eigenvalue weighted by Gasteiger charge is 2.08. The van der Waals surface area contributed by atoms with Gasteiger partial charge in [0.1, 0.15) is 0 Å². The molecule has 0 saturated carbocycles. The second kappa shape index (κ2) is 3.43. The summed E-state index contributed by atoms with van der Waals surface area (Å²) in [5.41, 5.74) is 5.15. The van der Waals surface area contributed by atoms with Crippen molar-refractivity contribution in [3.8, 4) is 0 Å². The number of methoxy groups -OCH3 is 1. The van der Waals surface area contributed by atoms with Crippen LogP contribution in [-0.4, -0.2) is 19.6 Å². The van der Waals surface area contributed by atoms with E-state index in [1.807, 2.05) is 0 Å². The van der Waals surface area contributed by atoms with E-state index in [-0.39, 0.29) is 11.9 Å². The van der Waals surface area contributed by atoms with Crippen LogP contribution in [0.4, 0.5) is 0 Å². The predicted molar refractivity (Wildman–Crippen MR) is 30.2 cm³/mol. The van der Waals surface area contributed by atoms with Gasteiger partial charge in [0.2, 0.25) is 0 Å². The quantitative estimate of drug-likeness (QED) is 0.507. The molecule has 0 aliphatic rings. The van der Waals surface area contributed by atoms with Gasteiger partial charge in [0.15, 0.2) is 0 Å². The van der Waals surface area contributed by atoms with Gasteiger partial charge in [-0.15, -0.1) is 0 Å². The third-order valence-electron chi connectivity index (χ3n) is 0.957. The molecule has 0 unspecified atom stereocenters. The number of esters is 1. The lowest BCUT2D eigenvalue weighted by Gasteiger charge is -2.02.